The van der Waals surface area contributed by atoms with E-state index in [1.807, 2.05) is 0 Å². The molecule has 0 amide bonds. The van der Waals surface area contributed by atoms with Crippen LogP contribution in [0.5, 0.6) is 0 Å². The van der Waals surface area contributed by atoms with Crippen LogP contribution < -0.4 is 0 Å². The van der Waals surface area contributed by atoms with Crippen LogP contribution in [0.25, 0.3) is 0 Å². The molecule has 0 radical (unpaired) electrons. The van der Waals surface area contributed by atoms with Crippen LogP contribution >= 0.6 is 0 Å². The average molecular weight is 256 g/mol. The van der Waals surface area contributed by atoms with Gasteiger partial charge in [0.1, 0.15) is 0 Å². The first-order valence-corrected chi connectivity index (χ1v) is 6.38. The van der Waals surface area contributed by atoms with E-state index in [2.05, 4.69) is 41.4 Å². The first-order valence-electron chi connectivity index (χ1n) is 6.38. The number of aromatic nitrogens is 4. The normalized spacial score (nSPS) is 11.5. The number of aromatic amines is 1. The SMILES string of the molecule is CC[N+](CC)(CC)CC(=O)OCCc1nn[nH]n1. The van der Waals surface area contributed by atoms with E-state index in [9.17, 15) is 4.79 Å². The Labute approximate surface area is 107 Å². The minimum absolute atomic E-state index is 0.163. The van der Waals surface area contributed by atoms with Gasteiger partial charge < -0.3 is 9.22 Å². The number of H-pyrrole nitrogens is 1. The van der Waals surface area contributed by atoms with E-state index in [0.717, 1.165) is 24.1 Å². The summed E-state index contributed by atoms with van der Waals surface area (Å²) in [5, 5.41) is 13.4. The highest BCUT2D eigenvalue weighted by Gasteiger charge is 2.25. The van der Waals surface area contributed by atoms with E-state index >= 15 is 0 Å². The van der Waals surface area contributed by atoms with E-state index in [4.69, 9.17) is 4.74 Å². The lowest BCUT2D eigenvalue weighted by atomic mass is 10.3. The fraction of sp³-hybridized carbons (Fsp3) is 0.818. The summed E-state index contributed by atoms with van der Waals surface area (Å²) in [6.45, 7) is 9.83. The van der Waals surface area contributed by atoms with Crippen LogP contribution in [0, 0.1) is 0 Å². The first-order chi connectivity index (χ1) is 8.65. The average Bonchev–Trinajstić information content (AvgIpc) is 2.89. The molecule has 0 bridgehead atoms. The summed E-state index contributed by atoms with van der Waals surface area (Å²) in [4.78, 5) is 11.8. The molecule has 1 N–H and O–H groups in total. The Bertz CT molecular complexity index is 340. The van der Waals surface area contributed by atoms with E-state index in [0.29, 0.717) is 25.4 Å². The van der Waals surface area contributed by atoms with Crippen LogP contribution in [-0.4, -0.2) is 63.9 Å². The van der Waals surface area contributed by atoms with Crippen molar-refractivity contribution in [1.82, 2.24) is 20.6 Å². The van der Waals surface area contributed by atoms with Crippen molar-refractivity contribution in [3.05, 3.63) is 5.82 Å². The summed E-state index contributed by atoms with van der Waals surface area (Å²) in [6.07, 6.45) is 0.493. The predicted molar refractivity (Wildman–Crippen MR) is 65.6 cm³/mol. The molecule has 0 saturated carbocycles. The molecule has 1 aromatic rings. The van der Waals surface area contributed by atoms with Crippen molar-refractivity contribution >= 4 is 5.97 Å². The lowest BCUT2D eigenvalue weighted by Crippen LogP contribution is -2.51. The number of quaternary nitrogens is 1. The molecule has 18 heavy (non-hydrogen) atoms. The molecule has 7 heteroatoms. The molecule has 0 aromatic carbocycles. The molecule has 0 spiro atoms. The summed E-state index contributed by atoms with van der Waals surface area (Å²) in [5.74, 6) is 0.397. The third-order valence-corrected chi connectivity index (χ3v) is 3.45. The maximum Gasteiger partial charge on any atom is 0.361 e. The van der Waals surface area contributed by atoms with Crippen LogP contribution in [-0.2, 0) is 16.0 Å². The zero-order valence-corrected chi connectivity index (χ0v) is 11.3. The van der Waals surface area contributed by atoms with Gasteiger partial charge in [0.05, 0.1) is 26.2 Å². The quantitative estimate of drug-likeness (QED) is 0.529. The molecule has 0 atom stereocenters. The third-order valence-electron chi connectivity index (χ3n) is 3.45. The number of hydrogen-bond donors (Lipinski definition) is 1. The summed E-state index contributed by atoms with van der Waals surface area (Å²) in [7, 11) is 0. The maximum absolute atomic E-state index is 11.8. The molecule has 1 aromatic heterocycles. The smallest absolute Gasteiger partial charge is 0.361 e. The summed E-state index contributed by atoms with van der Waals surface area (Å²) in [5.41, 5.74) is 0. The van der Waals surface area contributed by atoms with E-state index in [1.165, 1.54) is 0 Å². The highest BCUT2D eigenvalue weighted by atomic mass is 16.5. The van der Waals surface area contributed by atoms with Gasteiger partial charge in [-0.05, 0) is 20.8 Å². The van der Waals surface area contributed by atoms with E-state index < -0.39 is 0 Å². The first kappa shape index (κ1) is 14.6. The number of carbonyl (C=O) groups excluding carboxylic acids is 1. The van der Waals surface area contributed by atoms with Gasteiger partial charge in [-0.1, -0.05) is 5.21 Å². The largest absolute Gasteiger partial charge is 0.461 e. The van der Waals surface area contributed by atoms with Gasteiger partial charge in [0.2, 0.25) is 0 Å². The Morgan fingerprint density at radius 1 is 1.28 bits per heavy atom. The molecule has 1 rings (SSSR count). The molecular formula is C11H22N5O2+. The van der Waals surface area contributed by atoms with Gasteiger partial charge in [-0.2, -0.15) is 5.21 Å². The number of nitrogens with zero attached hydrogens (tertiary/aromatic N) is 4. The lowest BCUT2D eigenvalue weighted by molar-refractivity contribution is -0.916. The van der Waals surface area contributed by atoms with Crippen LogP contribution in [0.4, 0.5) is 0 Å². The fourth-order valence-electron chi connectivity index (χ4n) is 1.87. The van der Waals surface area contributed by atoms with Gasteiger partial charge in [-0.15, -0.1) is 10.2 Å². The second-order valence-corrected chi connectivity index (χ2v) is 4.25. The van der Waals surface area contributed by atoms with E-state index in [1.54, 1.807) is 0 Å². The van der Waals surface area contributed by atoms with Crippen molar-refractivity contribution in [1.29, 1.82) is 0 Å². The van der Waals surface area contributed by atoms with Gasteiger partial charge in [-0.25, -0.2) is 4.79 Å². The van der Waals surface area contributed by atoms with Crippen molar-refractivity contribution < 1.29 is 14.0 Å². The molecule has 0 aliphatic carbocycles. The molecule has 0 saturated heterocycles. The summed E-state index contributed by atoms with van der Waals surface area (Å²) >= 11 is 0. The van der Waals surface area contributed by atoms with Gasteiger partial charge in [0.25, 0.3) is 0 Å². The Morgan fingerprint density at radius 2 is 1.94 bits per heavy atom. The summed E-state index contributed by atoms with van der Waals surface area (Å²) < 4.78 is 5.97. The topological polar surface area (TPSA) is 80.8 Å². The fourth-order valence-corrected chi connectivity index (χ4v) is 1.87. The Morgan fingerprint density at radius 3 is 2.44 bits per heavy atom. The zero-order chi connectivity index (χ0) is 13.4. The van der Waals surface area contributed by atoms with Crippen LogP contribution in [0.15, 0.2) is 0 Å². The number of hydrogen-bond acceptors (Lipinski definition) is 5. The van der Waals surface area contributed by atoms with Crippen molar-refractivity contribution in [3.63, 3.8) is 0 Å². The van der Waals surface area contributed by atoms with Crippen LogP contribution in [0.1, 0.15) is 26.6 Å². The number of likely N-dealkylation sites (N-methyl/N-ethyl adjacent to an activating group) is 1. The Hall–Kier alpha value is -1.50. The maximum atomic E-state index is 11.8. The standard InChI is InChI=1S/C11H22N5O2/c1-4-16(5-2,6-3)9-11(17)18-8-7-10-12-14-15-13-10/h4-9H2,1-3H3,(H,12,13,14,15)/q+1. The number of tetrazole rings is 1. The highest BCUT2D eigenvalue weighted by Crippen LogP contribution is 2.06. The molecule has 0 aliphatic heterocycles. The second kappa shape index (κ2) is 7.05. The number of carbonyl (C=O) groups is 1. The molecule has 0 unspecified atom stereocenters. The Balaban J connectivity index is 2.32. The Kier molecular flexibility index (Phi) is 5.70. The van der Waals surface area contributed by atoms with Gasteiger partial charge in [0.15, 0.2) is 12.4 Å². The number of nitrogens with one attached hydrogen (secondary N) is 1. The minimum Gasteiger partial charge on any atom is -0.461 e. The number of ether oxygens (including phenoxy) is 1. The predicted octanol–water partition coefficient (Wildman–Crippen LogP) is 0.162. The monoisotopic (exact) mass is 256 g/mol. The van der Waals surface area contributed by atoms with Crippen molar-refractivity contribution in [2.45, 2.75) is 27.2 Å². The number of esters is 1. The number of rotatable bonds is 8. The molecule has 102 valence electrons. The van der Waals surface area contributed by atoms with Crippen molar-refractivity contribution in [3.8, 4) is 0 Å². The van der Waals surface area contributed by atoms with Crippen LogP contribution in [0.3, 0.4) is 0 Å². The molecule has 7 nitrogen and oxygen atoms in total. The molecule has 0 aliphatic rings. The minimum atomic E-state index is -0.163. The summed E-state index contributed by atoms with van der Waals surface area (Å²) in [6, 6.07) is 0. The highest BCUT2D eigenvalue weighted by molar-refractivity contribution is 5.70. The van der Waals surface area contributed by atoms with Gasteiger partial charge in [-0.3, -0.25) is 0 Å². The lowest BCUT2D eigenvalue weighted by Gasteiger charge is -2.34. The third kappa shape index (κ3) is 4.06. The van der Waals surface area contributed by atoms with E-state index in [-0.39, 0.29) is 5.97 Å². The van der Waals surface area contributed by atoms with Crippen molar-refractivity contribution in [2.75, 3.05) is 32.8 Å². The zero-order valence-electron chi connectivity index (χ0n) is 11.3. The van der Waals surface area contributed by atoms with Gasteiger partial charge in [0, 0.05) is 6.42 Å². The molecule has 0 fully saturated rings. The molecule has 1 heterocycles. The second-order valence-electron chi connectivity index (χ2n) is 4.25. The van der Waals surface area contributed by atoms with Crippen molar-refractivity contribution in [2.24, 2.45) is 0 Å². The van der Waals surface area contributed by atoms with Gasteiger partial charge >= 0.3 is 5.97 Å². The molecular weight excluding hydrogens is 234 g/mol. The van der Waals surface area contributed by atoms with Crippen LogP contribution in [0.2, 0.25) is 0 Å².